The summed E-state index contributed by atoms with van der Waals surface area (Å²) in [5.41, 5.74) is 0.946. The van der Waals surface area contributed by atoms with Gasteiger partial charge in [0, 0.05) is 25.0 Å². The summed E-state index contributed by atoms with van der Waals surface area (Å²) in [7, 11) is 0. The third kappa shape index (κ3) is 3.40. The Balaban J connectivity index is 1.37. The van der Waals surface area contributed by atoms with Crippen molar-refractivity contribution in [3.8, 4) is 0 Å². The summed E-state index contributed by atoms with van der Waals surface area (Å²) in [6.07, 6.45) is 4.66. The molecular formula is C17H24N6O. The Bertz CT molecular complexity index is 681. The average Bonchev–Trinajstić information content (AvgIpc) is 3.32. The molecule has 0 unspecified atom stereocenters. The number of hydrogen-bond donors (Lipinski definition) is 1. The summed E-state index contributed by atoms with van der Waals surface area (Å²) in [6.45, 7) is 6.00. The number of aromatic nitrogens is 4. The number of nitrogens with one attached hydrogen (secondary N) is 1. The summed E-state index contributed by atoms with van der Waals surface area (Å²) in [6, 6.07) is 4.51. The van der Waals surface area contributed by atoms with Gasteiger partial charge in [-0.2, -0.15) is 10.1 Å². The number of hydrogen-bond acceptors (Lipinski definition) is 7. The van der Waals surface area contributed by atoms with Crippen LogP contribution in [0.15, 0.2) is 16.7 Å². The van der Waals surface area contributed by atoms with Crippen LogP contribution in [-0.4, -0.2) is 39.5 Å². The van der Waals surface area contributed by atoms with Crippen LogP contribution in [0.5, 0.6) is 0 Å². The third-order valence-electron chi connectivity index (χ3n) is 4.79. The molecule has 7 heteroatoms. The van der Waals surface area contributed by atoms with Crippen LogP contribution < -0.4 is 10.2 Å². The fourth-order valence-electron chi connectivity index (χ4n) is 3.24. The first-order valence-corrected chi connectivity index (χ1v) is 8.84. The molecule has 2 atom stereocenters. The largest absolute Gasteiger partial charge is 0.354 e. The normalized spacial score (nSPS) is 22.6. The van der Waals surface area contributed by atoms with E-state index in [-0.39, 0.29) is 6.04 Å². The van der Waals surface area contributed by atoms with Crippen molar-refractivity contribution in [3.05, 3.63) is 29.5 Å². The number of aryl methyl sites for hydroxylation is 1. The van der Waals surface area contributed by atoms with E-state index in [4.69, 9.17) is 4.52 Å². The predicted molar refractivity (Wildman–Crippen MR) is 89.8 cm³/mol. The molecule has 4 rings (SSSR count). The van der Waals surface area contributed by atoms with Crippen LogP contribution in [0.2, 0.25) is 0 Å². The van der Waals surface area contributed by atoms with Gasteiger partial charge in [0.05, 0.1) is 11.7 Å². The fourth-order valence-corrected chi connectivity index (χ4v) is 3.24. The van der Waals surface area contributed by atoms with E-state index in [0.717, 1.165) is 43.3 Å². The van der Waals surface area contributed by atoms with Gasteiger partial charge in [-0.05, 0) is 51.7 Å². The minimum atomic E-state index is 0.0686. The average molecular weight is 328 g/mol. The van der Waals surface area contributed by atoms with Crippen LogP contribution >= 0.6 is 0 Å². The predicted octanol–water partition coefficient (Wildman–Crippen LogP) is 2.37. The molecule has 0 amide bonds. The van der Waals surface area contributed by atoms with Crippen LogP contribution in [-0.2, 0) is 0 Å². The first-order valence-electron chi connectivity index (χ1n) is 8.84. The van der Waals surface area contributed by atoms with Crippen molar-refractivity contribution in [2.24, 2.45) is 0 Å². The first-order chi connectivity index (χ1) is 11.7. The van der Waals surface area contributed by atoms with Crippen molar-refractivity contribution in [2.45, 2.75) is 57.5 Å². The quantitative estimate of drug-likeness (QED) is 0.902. The molecule has 24 heavy (non-hydrogen) atoms. The molecule has 1 N–H and O–H groups in total. The molecule has 3 heterocycles. The molecule has 0 bridgehead atoms. The zero-order valence-electron chi connectivity index (χ0n) is 14.3. The number of rotatable bonds is 5. The van der Waals surface area contributed by atoms with Gasteiger partial charge in [0.1, 0.15) is 0 Å². The maximum atomic E-state index is 5.43. The highest BCUT2D eigenvalue weighted by Gasteiger charge is 2.30. The van der Waals surface area contributed by atoms with Gasteiger partial charge in [-0.1, -0.05) is 5.16 Å². The van der Waals surface area contributed by atoms with Gasteiger partial charge >= 0.3 is 0 Å². The molecule has 2 aromatic rings. The Hall–Kier alpha value is -2.02. The van der Waals surface area contributed by atoms with Gasteiger partial charge in [-0.15, -0.1) is 5.10 Å². The van der Waals surface area contributed by atoms with Gasteiger partial charge in [0.15, 0.2) is 11.6 Å². The Morgan fingerprint density at radius 3 is 2.88 bits per heavy atom. The van der Waals surface area contributed by atoms with Gasteiger partial charge in [-0.3, -0.25) is 0 Å². The molecule has 0 aromatic carbocycles. The molecule has 1 saturated heterocycles. The van der Waals surface area contributed by atoms with Gasteiger partial charge in [0.2, 0.25) is 5.89 Å². The molecule has 0 spiro atoms. The van der Waals surface area contributed by atoms with Crippen molar-refractivity contribution < 1.29 is 4.52 Å². The smallest absolute Gasteiger partial charge is 0.243 e. The molecular weight excluding hydrogens is 304 g/mol. The third-order valence-corrected chi connectivity index (χ3v) is 4.79. The lowest BCUT2D eigenvalue weighted by Crippen LogP contribution is -2.46. The molecule has 128 valence electrons. The Morgan fingerprint density at radius 2 is 2.12 bits per heavy atom. The van der Waals surface area contributed by atoms with Crippen LogP contribution in [0.3, 0.4) is 0 Å². The summed E-state index contributed by atoms with van der Waals surface area (Å²) < 4.78 is 5.43. The SMILES string of the molecule is Cc1ccc(N2CCC[C@@H](N[C@@H](C)c3nc(C4CC4)no3)C2)nn1. The lowest BCUT2D eigenvalue weighted by Gasteiger charge is -2.34. The monoisotopic (exact) mass is 328 g/mol. The van der Waals surface area contributed by atoms with Crippen LogP contribution in [0.4, 0.5) is 5.82 Å². The standard InChI is InChI=1S/C17H24N6O/c1-11-5-8-15(21-20-11)23-9-3-4-14(10-23)18-12(2)17-19-16(22-24-17)13-6-7-13/h5,8,12-14,18H,3-4,6-7,9-10H2,1-2H3/t12-,14+/m0/s1. The molecule has 7 nitrogen and oxygen atoms in total. The highest BCUT2D eigenvalue weighted by atomic mass is 16.5. The minimum Gasteiger partial charge on any atom is -0.354 e. The number of anilines is 1. The van der Waals surface area contributed by atoms with Crippen LogP contribution in [0.1, 0.15) is 62.0 Å². The molecule has 1 aliphatic carbocycles. The van der Waals surface area contributed by atoms with Crippen molar-refractivity contribution in [3.63, 3.8) is 0 Å². The fraction of sp³-hybridized carbons (Fsp3) is 0.647. The van der Waals surface area contributed by atoms with E-state index in [1.54, 1.807) is 0 Å². The summed E-state index contributed by atoms with van der Waals surface area (Å²) >= 11 is 0. The van der Waals surface area contributed by atoms with Crippen molar-refractivity contribution in [1.29, 1.82) is 0 Å². The van der Waals surface area contributed by atoms with Gasteiger partial charge in [-0.25, -0.2) is 0 Å². The van der Waals surface area contributed by atoms with E-state index in [0.29, 0.717) is 17.9 Å². The minimum absolute atomic E-state index is 0.0686. The molecule has 2 fully saturated rings. The maximum absolute atomic E-state index is 5.43. The molecule has 2 aromatic heterocycles. The second-order valence-electron chi connectivity index (χ2n) is 6.97. The first kappa shape index (κ1) is 15.5. The lowest BCUT2D eigenvalue weighted by molar-refractivity contribution is 0.307. The van der Waals surface area contributed by atoms with Crippen molar-refractivity contribution in [1.82, 2.24) is 25.7 Å². The topological polar surface area (TPSA) is 80.0 Å². The van der Waals surface area contributed by atoms with Crippen molar-refractivity contribution in [2.75, 3.05) is 18.0 Å². The van der Waals surface area contributed by atoms with E-state index >= 15 is 0 Å². The maximum Gasteiger partial charge on any atom is 0.243 e. The van der Waals surface area contributed by atoms with Crippen LogP contribution in [0, 0.1) is 6.92 Å². The Labute approximate surface area is 141 Å². The van der Waals surface area contributed by atoms with Gasteiger partial charge in [0.25, 0.3) is 0 Å². The number of nitrogens with zero attached hydrogens (tertiary/aromatic N) is 5. The number of piperidine rings is 1. The molecule has 2 aliphatic rings. The van der Waals surface area contributed by atoms with Crippen molar-refractivity contribution >= 4 is 5.82 Å². The second kappa shape index (κ2) is 6.47. The van der Waals surface area contributed by atoms with E-state index in [1.807, 2.05) is 19.1 Å². The highest BCUT2D eigenvalue weighted by molar-refractivity contribution is 5.38. The highest BCUT2D eigenvalue weighted by Crippen LogP contribution is 2.38. The van der Waals surface area contributed by atoms with Crippen LogP contribution in [0.25, 0.3) is 0 Å². The van der Waals surface area contributed by atoms with Gasteiger partial charge < -0.3 is 14.7 Å². The van der Waals surface area contributed by atoms with E-state index in [9.17, 15) is 0 Å². The van der Waals surface area contributed by atoms with E-state index in [1.165, 1.54) is 12.8 Å². The second-order valence-corrected chi connectivity index (χ2v) is 6.97. The summed E-state index contributed by atoms with van der Waals surface area (Å²) in [5, 5.41) is 16.2. The summed E-state index contributed by atoms with van der Waals surface area (Å²) in [5.74, 6) is 3.05. The summed E-state index contributed by atoms with van der Waals surface area (Å²) in [4.78, 5) is 6.84. The Morgan fingerprint density at radius 1 is 1.25 bits per heavy atom. The van der Waals surface area contributed by atoms with E-state index in [2.05, 4.69) is 37.5 Å². The molecule has 1 saturated carbocycles. The lowest BCUT2D eigenvalue weighted by atomic mass is 10.0. The van der Waals surface area contributed by atoms with E-state index < -0.39 is 0 Å². The molecule has 0 radical (unpaired) electrons. The zero-order valence-corrected chi connectivity index (χ0v) is 14.3. The zero-order chi connectivity index (χ0) is 16.5. The Kier molecular flexibility index (Phi) is 4.18. The molecule has 1 aliphatic heterocycles.